The second-order valence-corrected chi connectivity index (χ2v) is 8.46. The molecule has 0 aliphatic carbocycles. The van der Waals surface area contributed by atoms with E-state index < -0.39 is 0 Å². The van der Waals surface area contributed by atoms with Crippen LogP contribution in [0, 0.1) is 0 Å². The molecule has 1 heterocycles. The standard InChI is InChI=1S/C26H35N3O4/c30-25(27-32)13-7-1-2-10-20-29(26(31)33-21-22-11-5-3-6-12-22)24-16-14-23(15-17-24)28-18-8-4-9-19-28/h3,5-6,11-12,14-17,32H,1-2,4,7-10,13,18-21H2,(H,27,30). The number of ether oxygens (including phenoxy) is 1. The van der Waals surface area contributed by atoms with Gasteiger partial charge in [-0.25, -0.2) is 10.3 Å². The van der Waals surface area contributed by atoms with Gasteiger partial charge in [-0.15, -0.1) is 0 Å². The second kappa shape index (κ2) is 13.5. The lowest BCUT2D eigenvalue weighted by Crippen LogP contribution is -2.33. The zero-order chi connectivity index (χ0) is 23.3. The Bertz CT molecular complexity index is 852. The van der Waals surface area contributed by atoms with E-state index in [4.69, 9.17) is 9.94 Å². The SMILES string of the molecule is O=C(CCCCCCN(C(=O)OCc1ccccc1)c1ccc(N2CCCCC2)cc1)NO. The first-order valence-electron chi connectivity index (χ1n) is 11.9. The third kappa shape index (κ3) is 8.09. The van der Waals surface area contributed by atoms with Crippen LogP contribution in [-0.4, -0.2) is 36.8 Å². The van der Waals surface area contributed by atoms with Gasteiger partial charge in [0, 0.05) is 37.4 Å². The average molecular weight is 454 g/mol. The molecule has 1 aliphatic rings. The number of benzene rings is 2. The normalized spacial score (nSPS) is 13.4. The maximum atomic E-state index is 13.0. The molecule has 0 saturated carbocycles. The van der Waals surface area contributed by atoms with E-state index in [0.29, 0.717) is 19.4 Å². The van der Waals surface area contributed by atoms with Crippen LogP contribution in [0.25, 0.3) is 0 Å². The summed E-state index contributed by atoms with van der Waals surface area (Å²) >= 11 is 0. The Hall–Kier alpha value is -3.06. The van der Waals surface area contributed by atoms with Gasteiger partial charge in [0.05, 0.1) is 0 Å². The minimum absolute atomic E-state index is 0.234. The molecule has 2 aromatic rings. The summed E-state index contributed by atoms with van der Waals surface area (Å²) in [6.45, 7) is 2.94. The molecule has 0 bridgehead atoms. The van der Waals surface area contributed by atoms with Gasteiger partial charge in [0.1, 0.15) is 6.61 Å². The minimum Gasteiger partial charge on any atom is -0.444 e. The van der Waals surface area contributed by atoms with Crippen molar-refractivity contribution in [2.24, 2.45) is 0 Å². The molecule has 0 atom stereocenters. The lowest BCUT2D eigenvalue weighted by Gasteiger charge is -2.29. The molecule has 1 fully saturated rings. The number of nitrogens with one attached hydrogen (secondary N) is 1. The number of rotatable bonds is 11. The van der Waals surface area contributed by atoms with Crippen molar-refractivity contribution in [2.75, 3.05) is 29.4 Å². The highest BCUT2D eigenvalue weighted by molar-refractivity contribution is 5.87. The van der Waals surface area contributed by atoms with Gasteiger partial charge in [-0.3, -0.25) is 14.9 Å². The van der Waals surface area contributed by atoms with E-state index >= 15 is 0 Å². The van der Waals surface area contributed by atoms with E-state index in [1.165, 1.54) is 24.9 Å². The zero-order valence-corrected chi connectivity index (χ0v) is 19.2. The highest BCUT2D eigenvalue weighted by atomic mass is 16.6. The predicted octanol–water partition coefficient (Wildman–Crippen LogP) is 5.28. The van der Waals surface area contributed by atoms with E-state index in [9.17, 15) is 9.59 Å². The number of amides is 2. The van der Waals surface area contributed by atoms with Crippen LogP contribution in [-0.2, 0) is 16.1 Å². The van der Waals surface area contributed by atoms with Crippen molar-refractivity contribution < 1.29 is 19.5 Å². The average Bonchev–Trinajstić information content (AvgIpc) is 2.88. The molecule has 33 heavy (non-hydrogen) atoms. The maximum Gasteiger partial charge on any atom is 0.414 e. The topological polar surface area (TPSA) is 82.1 Å². The summed E-state index contributed by atoms with van der Waals surface area (Å²) in [4.78, 5) is 28.2. The maximum absolute atomic E-state index is 13.0. The number of nitrogens with zero attached hydrogens (tertiary/aromatic N) is 2. The van der Waals surface area contributed by atoms with E-state index in [-0.39, 0.29) is 18.6 Å². The van der Waals surface area contributed by atoms with Crippen LogP contribution >= 0.6 is 0 Å². The van der Waals surface area contributed by atoms with Gasteiger partial charge < -0.3 is 9.64 Å². The van der Waals surface area contributed by atoms with Crippen LogP contribution in [0.1, 0.15) is 56.9 Å². The molecular weight excluding hydrogens is 418 g/mol. The number of hydroxylamine groups is 1. The first kappa shape index (κ1) is 24.6. The van der Waals surface area contributed by atoms with E-state index in [2.05, 4.69) is 17.0 Å². The number of anilines is 2. The summed E-state index contributed by atoms with van der Waals surface area (Å²) in [6.07, 6.45) is 6.92. The smallest absolute Gasteiger partial charge is 0.414 e. The van der Waals surface area contributed by atoms with Gasteiger partial charge in [-0.1, -0.05) is 43.2 Å². The van der Waals surface area contributed by atoms with Crippen LogP contribution < -0.4 is 15.3 Å². The third-order valence-corrected chi connectivity index (χ3v) is 5.97. The minimum atomic E-state index is -0.366. The Labute approximate surface area is 196 Å². The number of piperidine rings is 1. The van der Waals surface area contributed by atoms with Crippen molar-refractivity contribution in [1.82, 2.24) is 5.48 Å². The summed E-state index contributed by atoms with van der Waals surface area (Å²) in [5.74, 6) is -0.366. The van der Waals surface area contributed by atoms with Crippen LogP contribution in [0.4, 0.5) is 16.2 Å². The number of hydrogen-bond donors (Lipinski definition) is 2. The molecule has 0 radical (unpaired) electrons. The number of carbonyl (C=O) groups excluding carboxylic acids is 2. The van der Waals surface area contributed by atoms with Crippen molar-refractivity contribution in [2.45, 2.75) is 58.0 Å². The summed E-state index contributed by atoms with van der Waals surface area (Å²) in [6, 6.07) is 17.8. The van der Waals surface area contributed by atoms with Crippen molar-refractivity contribution >= 4 is 23.4 Å². The zero-order valence-electron chi connectivity index (χ0n) is 19.2. The molecule has 7 nitrogen and oxygen atoms in total. The third-order valence-electron chi connectivity index (χ3n) is 5.97. The Balaban J connectivity index is 1.58. The first-order valence-corrected chi connectivity index (χ1v) is 11.9. The highest BCUT2D eigenvalue weighted by Crippen LogP contribution is 2.25. The van der Waals surface area contributed by atoms with Gasteiger partial charge in [-0.2, -0.15) is 0 Å². The number of unbranched alkanes of at least 4 members (excludes halogenated alkanes) is 3. The Morgan fingerprint density at radius 1 is 0.909 bits per heavy atom. The predicted molar refractivity (Wildman–Crippen MR) is 129 cm³/mol. The largest absolute Gasteiger partial charge is 0.444 e. The molecule has 0 aromatic heterocycles. The molecule has 7 heteroatoms. The summed E-state index contributed by atoms with van der Waals surface area (Å²) in [5.41, 5.74) is 4.63. The van der Waals surface area contributed by atoms with Crippen molar-refractivity contribution in [3.05, 3.63) is 60.2 Å². The van der Waals surface area contributed by atoms with Gasteiger partial charge in [0.25, 0.3) is 0 Å². The van der Waals surface area contributed by atoms with Gasteiger partial charge >= 0.3 is 6.09 Å². The quantitative estimate of drug-likeness (QED) is 0.275. The van der Waals surface area contributed by atoms with Crippen LogP contribution in [0.2, 0.25) is 0 Å². The molecule has 1 aliphatic heterocycles. The first-order chi connectivity index (χ1) is 16.2. The van der Waals surface area contributed by atoms with Crippen LogP contribution in [0.15, 0.2) is 54.6 Å². The lowest BCUT2D eigenvalue weighted by molar-refractivity contribution is -0.129. The molecular formula is C26H35N3O4. The number of hydrogen-bond acceptors (Lipinski definition) is 5. The van der Waals surface area contributed by atoms with Crippen molar-refractivity contribution in [1.29, 1.82) is 0 Å². The summed E-state index contributed by atoms with van der Waals surface area (Å²) in [5, 5.41) is 8.57. The molecule has 178 valence electrons. The van der Waals surface area contributed by atoms with Crippen LogP contribution in [0.5, 0.6) is 0 Å². The number of carbonyl (C=O) groups is 2. The fourth-order valence-electron chi connectivity index (χ4n) is 4.08. The molecule has 1 saturated heterocycles. The van der Waals surface area contributed by atoms with Crippen molar-refractivity contribution in [3.8, 4) is 0 Å². The van der Waals surface area contributed by atoms with Gasteiger partial charge in [0.2, 0.25) is 5.91 Å². The highest BCUT2D eigenvalue weighted by Gasteiger charge is 2.18. The Morgan fingerprint density at radius 2 is 1.61 bits per heavy atom. The molecule has 3 rings (SSSR count). The molecule has 2 N–H and O–H groups in total. The molecule has 2 aromatic carbocycles. The second-order valence-electron chi connectivity index (χ2n) is 8.46. The summed E-state index contributed by atoms with van der Waals surface area (Å²) < 4.78 is 5.61. The Morgan fingerprint density at radius 3 is 2.30 bits per heavy atom. The Kier molecular flexibility index (Phi) is 10.0. The fourth-order valence-corrected chi connectivity index (χ4v) is 4.08. The van der Waals surface area contributed by atoms with Crippen molar-refractivity contribution in [3.63, 3.8) is 0 Å². The van der Waals surface area contributed by atoms with Gasteiger partial charge in [-0.05, 0) is 61.9 Å². The monoisotopic (exact) mass is 453 g/mol. The van der Waals surface area contributed by atoms with E-state index in [0.717, 1.165) is 43.6 Å². The van der Waals surface area contributed by atoms with Gasteiger partial charge in [0.15, 0.2) is 0 Å². The molecule has 0 unspecified atom stereocenters. The fraction of sp³-hybridized carbons (Fsp3) is 0.462. The van der Waals surface area contributed by atoms with E-state index in [1.807, 2.05) is 42.5 Å². The van der Waals surface area contributed by atoms with Crippen LogP contribution in [0.3, 0.4) is 0 Å². The lowest BCUT2D eigenvalue weighted by atomic mass is 10.1. The molecule has 2 amide bonds. The summed E-state index contributed by atoms with van der Waals surface area (Å²) in [7, 11) is 0. The molecule has 0 spiro atoms. The van der Waals surface area contributed by atoms with E-state index in [1.54, 1.807) is 10.4 Å².